The van der Waals surface area contributed by atoms with Gasteiger partial charge in [-0.3, -0.25) is 4.98 Å². The standard InChI is InChI=1S/C15H19FN2O2/c1-10-4-5-14(20-10)15(3,19)9-18-11(2)12-6-13(16)8-17-7-12/h4-8,11,18-19H,9H2,1-3H3. The average molecular weight is 278 g/mol. The maximum absolute atomic E-state index is 13.1. The summed E-state index contributed by atoms with van der Waals surface area (Å²) in [5.74, 6) is 0.888. The lowest BCUT2D eigenvalue weighted by Gasteiger charge is -2.24. The molecular weight excluding hydrogens is 259 g/mol. The molecule has 0 saturated carbocycles. The van der Waals surface area contributed by atoms with Crippen molar-refractivity contribution in [2.75, 3.05) is 6.54 Å². The van der Waals surface area contributed by atoms with Gasteiger partial charge < -0.3 is 14.8 Å². The number of furan rings is 1. The van der Waals surface area contributed by atoms with Crippen molar-refractivity contribution in [3.8, 4) is 0 Å². The molecule has 0 fully saturated rings. The topological polar surface area (TPSA) is 58.3 Å². The number of nitrogens with zero attached hydrogens (tertiary/aromatic N) is 1. The molecular formula is C15H19FN2O2. The van der Waals surface area contributed by atoms with Gasteiger partial charge >= 0.3 is 0 Å². The van der Waals surface area contributed by atoms with Gasteiger partial charge in [-0.05, 0) is 44.5 Å². The van der Waals surface area contributed by atoms with Crippen molar-refractivity contribution in [2.24, 2.45) is 0 Å². The maximum Gasteiger partial charge on any atom is 0.141 e. The predicted octanol–water partition coefficient (Wildman–Crippen LogP) is 2.68. The van der Waals surface area contributed by atoms with E-state index in [1.807, 2.05) is 19.9 Å². The van der Waals surface area contributed by atoms with Crippen molar-refractivity contribution < 1.29 is 13.9 Å². The van der Waals surface area contributed by atoms with Crippen LogP contribution in [0.5, 0.6) is 0 Å². The smallest absolute Gasteiger partial charge is 0.141 e. The molecule has 108 valence electrons. The summed E-state index contributed by atoms with van der Waals surface area (Å²) in [6, 6.07) is 4.87. The molecule has 2 unspecified atom stereocenters. The first-order valence-electron chi connectivity index (χ1n) is 6.51. The van der Waals surface area contributed by atoms with Crippen molar-refractivity contribution in [1.29, 1.82) is 0 Å². The Balaban J connectivity index is 2.01. The van der Waals surface area contributed by atoms with Crippen molar-refractivity contribution >= 4 is 0 Å². The highest BCUT2D eigenvalue weighted by Crippen LogP contribution is 2.23. The van der Waals surface area contributed by atoms with Crippen LogP contribution in [0.15, 0.2) is 35.0 Å². The third kappa shape index (κ3) is 3.43. The van der Waals surface area contributed by atoms with Gasteiger partial charge in [0.15, 0.2) is 0 Å². The van der Waals surface area contributed by atoms with Crippen LogP contribution in [0.25, 0.3) is 0 Å². The van der Waals surface area contributed by atoms with Gasteiger partial charge in [-0.2, -0.15) is 0 Å². The Morgan fingerprint density at radius 3 is 2.80 bits per heavy atom. The van der Waals surface area contributed by atoms with Crippen molar-refractivity contribution in [2.45, 2.75) is 32.4 Å². The van der Waals surface area contributed by atoms with Crippen molar-refractivity contribution in [3.05, 3.63) is 53.5 Å². The molecule has 0 aromatic carbocycles. The van der Waals surface area contributed by atoms with Gasteiger partial charge in [0.25, 0.3) is 0 Å². The first-order chi connectivity index (χ1) is 9.38. The largest absolute Gasteiger partial charge is 0.463 e. The zero-order valence-corrected chi connectivity index (χ0v) is 11.9. The lowest BCUT2D eigenvalue weighted by Crippen LogP contribution is -2.36. The number of aliphatic hydroxyl groups is 1. The summed E-state index contributed by atoms with van der Waals surface area (Å²) < 4.78 is 18.6. The lowest BCUT2D eigenvalue weighted by molar-refractivity contribution is 0.0312. The molecule has 2 atom stereocenters. The summed E-state index contributed by atoms with van der Waals surface area (Å²) in [5.41, 5.74) is -0.389. The Morgan fingerprint density at radius 1 is 1.45 bits per heavy atom. The molecule has 0 aliphatic carbocycles. The van der Waals surface area contributed by atoms with Crippen LogP contribution in [0.1, 0.15) is 37.0 Å². The molecule has 2 heterocycles. The van der Waals surface area contributed by atoms with E-state index in [1.165, 1.54) is 6.07 Å². The normalized spacial score (nSPS) is 15.8. The van der Waals surface area contributed by atoms with Gasteiger partial charge in [0.1, 0.15) is 22.9 Å². The molecule has 2 rings (SSSR count). The molecule has 0 bridgehead atoms. The maximum atomic E-state index is 13.1. The summed E-state index contributed by atoms with van der Waals surface area (Å²) in [4.78, 5) is 3.82. The minimum absolute atomic E-state index is 0.124. The highest BCUT2D eigenvalue weighted by Gasteiger charge is 2.27. The monoisotopic (exact) mass is 278 g/mol. The van der Waals surface area contributed by atoms with Crippen LogP contribution in [0.3, 0.4) is 0 Å². The van der Waals surface area contributed by atoms with E-state index in [2.05, 4.69) is 10.3 Å². The molecule has 4 nitrogen and oxygen atoms in total. The van der Waals surface area contributed by atoms with Crippen LogP contribution in [-0.2, 0) is 5.60 Å². The van der Waals surface area contributed by atoms with Crippen LogP contribution in [0.2, 0.25) is 0 Å². The molecule has 20 heavy (non-hydrogen) atoms. The average Bonchev–Trinajstić information content (AvgIpc) is 2.83. The highest BCUT2D eigenvalue weighted by atomic mass is 19.1. The van der Waals surface area contributed by atoms with Crippen molar-refractivity contribution in [1.82, 2.24) is 10.3 Å². The van der Waals surface area contributed by atoms with Gasteiger partial charge in [-0.1, -0.05) is 0 Å². The zero-order chi connectivity index (χ0) is 14.8. The molecule has 2 aromatic heterocycles. The number of hydrogen-bond donors (Lipinski definition) is 2. The molecule has 0 amide bonds. The van der Waals surface area contributed by atoms with E-state index in [9.17, 15) is 9.50 Å². The number of rotatable bonds is 5. The summed E-state index contributed by atoms with van der Waals surface area (Å²) in [6.45, 7) is 5.68. The Kier molecular flexibility index (Phi) is 4.20. The molecule has 0 saturated heterocycles. The summed E-state index contributed by atoms with van der Waals surface area (Å²) in [5, 5.41) is 13.6. The Hall–Kier alpha value is -1.72. The fourth-order valence-corrected chi connectivity index (χ4v) is 1.95. The van der Waals surface area contributed by atoms with E-state index in [-0.39, 0.29) is 18.4 Å². The molecule has 2 aromatic rings. The first kappa shape index (κ1) is 14.7. The summed E-state index contributed by atoms with van der Waals surface area (Å²) in [7, 11) is 0. The number of aryl methyl sites for hydroxylation is 1. The van der Waals surface area contributed by atoms with Crippen LogP contribution < -0.4 is 5.32 Å². The van der Waals surface area contributed by atoms with Gasteiger partial charge in [-0.25, -0.2) is 4.39 Å². The third-order valence-electron chi connectivity index (χ3n) is 3.25. The molecule has 0 aliphatic heterocycles. The van der Waals surface area contributed by atoms with E-state index in [4.69, 9.17) is 4.42 Å². The molecule has 5 heteroatoms. The van der Waals surface area contributed by atoms with E-state index >= 15 is 0 Å². The highest BCUT2D eigenvalue weighted by molar-refractivity contribution is 5.16. The Morgan fingerprint density at radius 2 is 2.20 bits per heavy atom. The van der Waals surface area contributed by atoms with Crippen LogP contribution >= 0.6 is 0 Å². The second-order valence-electron chi connectivity index (χ2n) is 5.22. The lowest BCUT2D eigenvalue weighted by atomic mass is 10.0. The van der Waals surface area contributed by atoms with Gasteiger partial charge in [0, 0.05) is 18.8 Å². The van der Waals surface area contributed by atoms with Crippen LogP contribution in [0.4, 0.5) is 4.39 Å². The fraction of sp³-hybridized carbons (Fsp3) is 0.400. The first-order valence-corrected chi connectivity index (χ1v) is 6.51. The second-order valence-corrected chi connectivity index (χ2v) is 5.22. The molecule has 0 radical (unpaired) electrons. The van der Waals surface area contributed by atoms with Gasteiger partial charge in [0.2, 0.25) is 0 Å². The molecule has 0 aliphatic rings. The Bertz CT molecular complexity index is 581. The van der Waals surface area contributed by atoms with Gasteiger partial charge in [-0.15, -0.1) is 0 Å². The zero-order valence-electron chi connectivity index (χ0n) is 11.9. The quantitative estimate of drug-likeness (QED) is 0.883. The fourth-order valence-electron chi connectivity index (χ4n) is 1.95. The molecule has 2 N–H and O–H groups in total. The van der Waals surface area contributed by atoms with E-state index < -0.39 is 5.60 Å². The van der Waals surface area contributed by atoms with E-state index in [1.54, 1.807) is 19.2 Å². The SMILES string of the molecule is Cc1ccc(C(C)(O)CNC(C)c2cncc(F)c2)o1. The third-order valence-corrected chi connectivity index (χ3v) is 3.25. The number of nitrogens with one attached hydrogen (secondary N) is 1. The number of aromatic nitrogens is 1. The number of pyridine rings is 1. The predicted molar refractivity (Wildman–Crippen MR) is 73.6 cm³/mol. The van der Waals surface area contributed by atoms with E-state index in [0.717, 1.165) is 17.5 Å². The Labute approximate surface area is 117 Å². The van der Waals surface area contributed by atoms with Gasteiger partial charge in [0.05, 0.1) is 6.20 Å². The minimum Gasteiger partial charge on any atom is -0.463 e. The number of hydrogen-bond acceptors (Lipinski definition) is 4. The van der Waals surface area contributed by atoms with Crippen LogP contribution in [-0.4, -0.2) is 16.6 Å². The summed E-state index contributed by atoms with van der Waals surface area (Å²) >= 11 is 0. The second kappa shape index (κ2) is 5.73. The summed E-state index contributed by atoms with van der Waals surface area (Å²) in [6.07, 6.45) is 2.77. The van der Waals surface area contributed by atoms with Crippen LogP contribution in [0, 0.1) is 12.7 Å². The van der Waals surface area contributed by atoms with E-state index in [0.29, 0.717) is 5.76 Å². The minimum atomic E-state index is -1.12. The number of halogens is 1. The molecule has 0 spiro atoms. The van der Waals surface area contributed by atoms with Crippen molar-refractivity contribution in [3.63, 3.8) is 0 Å².